The molecule has 0 spiro atoms. The zero-order chi connectivity index (χ0) is 13.6. The fraction of sp³-hybridized carbons (Fsp3) is 1.00. The lowest BCUT2D eigenvalue weighted by Gasteiger charge is -2.46. The average molecular weight is 256 g/mol. The first-order valence-corrected chi connectivity index (χ1v) is 7.47. The summed E-state index contributed by atoms with van der Waals surface area (Å²) < 4.78 is 5.61. The van der Waals surface area contributed by atoms with Gasteiger partial charge in [-0.1, -0.05) is 27.2 Å². The highest BCUT2D eigenvalue weighted by molar-refractivity contribution is 4.90. The summed E-state index contributed by atoms with van der Waals surface area (Å²) >= 11 is 0. The van der Waals surface area contributed by atoms with E-state index in [9.17, 15) is 0 Å². The van der Waals surface area contributed by atoms with Crippen LogP contribution in [0.5, 0.6) is 0 Å². The molecule has 1 rings (SSSR count). The zero-order valence-corrected chi connectivity index (χ0v) is 13.0. The molecule has 3 heteroatoms. The van der Waals surface area contributed by atoms with Crippen LogP contribution in [0.15, 0.2) is 0 Å². The van der Waals surface area contributed by atoms with E-state index in [1.807, 2.05) is 0 Å². The topological polar surface area (TPSA) is 24.5 Å². The number of ether oxygens (including phenoxy) is 1. The van der Waals surface area contributed by atoms with Crippen molar-refractivity contribution in [1.29, 1.82) is 0 Å². The highest BCUT2D eigenvalue weighted by atomic mass is 16.5. The van der Waals surface area contributed by atoms with E-state index >= 15 is 0 Å². The lowest BCUT2D eigenvalue weighted by Crippen LogP contribution is -2.57. The molecule has 0 bridgehead atoms. The van der Waals surface area contributed by atoms with Crippen LogP contribution in [0, 0.1) is 5.41 Å². The number of hydrogen-bond acceptors (Lipinski definition) is 3. The van der Waals surface area contributed by atoms with Crippen molar-refractivity contribution in [1.82, 2.24) is 10.2 Å². The molecular formula is C15H32N2O. The predicted molar refractivity (Wildman–Crippen MR) is 78.0 cm³/mol. The summed E-state index contributed by atoms with van der Waals surface area (Å²) in [4.78, 5) is 2.61. The molecule has 0 amide bonds. The Bertz CT molecular complexity index is 243. The van der Waals surface area contributed by atoms with Gasteiger partial charge in [-0.05, 0) is 32.2 Å². The molecule has 1 N–H and O–H groups in total. The number of rotatable bonds is 7. The fourth-order valence-corrected chi connectivity index (χ4v) is 2.90. The van der Waals surface area contributed by atoms with Crippen molar-refractivity contribution in [2.24, 2.45) is 5.41 Å². The lowest BCUT2D eigenvalue weighted by molar-refractivity contribution is -0.0671. The average Bonchev–Trinajstić information content (AvgIpc) is 2.30. The van der Waals surface area contributed by atoms with E-state index in [1.165, 1.54) is 19.4 Å². The summed E-state index contributed by atoms with van der Waals surface area (Å²) in [6, 6.07) is 0. The van der Waals surface area contributed by atoms with E-state index in [1.54, 1.807) is 0 Å². The quantitative estimate of drug-likeness (QED) is 0.757. The number of morpholine rings is 1. The smallest absolute Gasteiger partial charge is 0.0645 e. The molecular weight excluding hydrogens is 224 g/mol. The van der Waals surface area contributed by atoms with Crippen LogP contribution in [0.4, 0.5) is 0 Å². The SMILES string of the molecule is CCCC(C)(CNCC)CN1CCOCC1(C)C. The van der Waals surface area contributed by atoms with Crippen LogP contribution >= 0.6 is 0 Å². The molecule has 0 radical (unpaired) electrons. The Labute approximate surface area is 113 Å². The van der Waals surface area contributed by atoms with E-state index in [-0.39, 0.29) is 5.54 Å². The van der Waals surface area contributed by atoms with Gasteiger partial charge in [0, 0.05) is 25.2 Å². The Balaban J connectivity index is 2.63. The molecule has 108 valence electrons. The van der Waals surface area contributed by atoms with Crippen molar-refractivity contribution in [3.63, 3.8) is 0 Å². The van der Waals surface area contributed by atoms with Gasteiger partial charge in [0.25, 0.3) is 0 Å². The molecule has 1 atom stereocenters. The normalized spacial score (nSPS) is 23.8. The largest absolute Gasteiger partial charge is 0.378 e. The molecule has 0 aromatic rings. The minimum Gasteiger partial charge on any atom is -0.378 e. The van der Waals surface area contributed by atoms with Crippen LogP contribution in [0.1, 0.15) is 47.5 Å². The third-order valence-electron chi connectivity index (χ3n) is 4.04. The maximum absolute atomic E-state index is 5.61. The number of nitrogens with zero attached hydrogens (tertiary/aromatic N) is 1. The number of nitrogens with one attached hydrogen (secondary N) is 1. The number of hydrogen-bond donors (Lipinski definition) is 1. The van der Waals surface area contributed by atoms with Crippen LogP contribution in [-0.2, 0) is 4.74 Å². The Morgan fingerprint density at radius 1 is 1.33 bits per heavy atom. The highest BCUT2D eigenvalue weighted by Crippen LogP contribution is 2.29. The molecule has 18 heavy (non-hydrogen) atoms. The first-order valence-electron chi connectivity index (χ1n) is 7.47. The second kappa shape index (κ2) is 6.88. The monoisotopic (exact) mass is 256 g/mol. The van der Waals surface area contributed by atoms with E-state index in [4.69, 9.17) is 4.74 Å². The van der Waals surface area contributed by atoms with Gasteiger partial charge in [-0.3, -0.25) is 4.90 Å². The molecule has 3 nitrogen and oxygen atoms in total. The molecule has 1 saturated heterocycles. The summed E-state index contributed by atoms with van der Waals surface area (Å²) in [5.74, 6) is 0. The van der Waals surface area contributed by atoms with E-state index in [0.29, 0.717) is 5.41 Å². The van der Waals surface area contributed by atoms with Gasteiger partial charge in [0.2, 0.25) is 0 Å². The predicted octanol–water partition coefficient (Wildman–Crippen LogP) is 2.51. The maximum atomic E-state index is 5.61. The van der Waals surface area contributed by atoms with Gasteiger partial charge in [-0.25, -0.2) is 0 Å². The van der Waals surface area contributed by atoms with Gasteiger partial charge in [-0.2, -0.15) is 0 Å². The molecule has 1 aliphatic heterocycles. The molecule has 0 saturated carbocycles. The highest BCUT2D eigenvalue weighted by Gasteiger charge is 2.35. The van der Waals surface area contributed by atoms with Crippen molar-refractivity contribution >= 4 is 0 Å². The van der Waals surface area contributed by atoms with Crippen LogP contribution < -0.4 is 5.32 Å². The third kappa shape index (κ3) is 4.52. The molecule has 1 fully saturated rings. The van der Waals surface area contributed by atoms with Crippen LogP contribution in [0.2, 0.25) is 0 Å². The molecule has 1 unspecified atom stereocenters. The van der Waals surface area contributed by atoms with Crippen molar-refractivity contribution < 1.29 is 4.74 Å². The standard InChI is InChI=1S/C15H32N2O/c1-6-8-15(5,11-16-7-2)12-17-9-10-18-13-14(17,3)4/h16H,6-13H2,1-5H3. The van der Waals surface area contributed by atoms with E-state index in [2.05, 4.69) is 44.8 Å². The zero-order valence-electron chi connectivity index (χ0n) is 13.0. The van der Waals surface area contributed by atoms with Crippen molar-refractivity contribution in [3.05, 3.63) is 0 Å². The van der Waals surface area contributed by atoms with Crippen LogP contribution in [-0.4, -0.2) is 49.8 Å². The first-order chi connectivity index (χ1) is 8.43. The molecule has 0 aromatic heterocycles. The minimum absolute atomic E-state index is 0.180. The summed E-state index contributed by atoms with van der Waals surface area (Å²) in [6.45, 7) is 17.6. The second-order valence-electron chi connectivity index (χ2n) is 6.63. The van der Waals surface area contributed by atoms with Gasteiger partial charge in [0.15, 0.2) is 0 Å². The summed E-state index contributed by atoms with van der Waals surface area (Å²) in [7, 11) is 0. The van der Waals surface area contributed by atoms with Crippen molar-refractivity contribution in [2.75, 3.05) is 39.4 Å². The Morgan fingerprint density at radius 3 is 2.61 bits per heavy atom. The van der Waals surface area contributed by atoms with Crippen LogP contribution in [0.3, 0.4) is 0 Å². The van der Waals surface area contributed by atoms with Gasteiger partial charge < -0.3 is 10.1 Å². The van der Waals surface area contributed by atoms with Crippen molar-refractivity contribution in [3.8, 4) is 0 Å². The van der Waals surface area contributed by atoms with E-state index < -0.39 is 0 Å². The molecule has 1 aliphatic rings. The van der Waals surface area contributed by atoms with Gasteiger partial charge in [-0.15, -0.1) is 0 Å². The summed E-state index contributed by atoms with van der Waals surface area (Å²) in [6.07, 6.45) is 2.54. The van der Waals surface area contributed by atoms with Crippen LogP contribution in [0.25, 0.3) is 0 Å². The molecule has 0 aliphatic carbocycles. The lowest BCUT2D eigenvalue weighted by atomic mass is 9.83. The Morgan fingerprint density at radius 2 is 2.06 bits per heavy atom. The third-order valence-corrected chi connectivity index (χ3v) is 4.04. The fourth-order valence-electron chi connectivity index (χ4n) is 2.90. The van der Waals surface area contributed by atoms with Gasteiger partial charge in [0.05, 0.1) is 13.2 Å². The summed E-state index contributed by atoms with van der Waals surface area (Å²) in [5.41, 5.74) is 0.554. The molecule has 1 heterocycles. The van der Waals surface area contributed by atoms with Gasteiger partial charge in [0.1, 0.15) is 0 Å². The van der Waals surface area contributed by atoms with E-state index in [0.717, 1.165) is 32.8 Å². The molecule has 0 aromatic carbocycles. The minimum atomic E-state index is 0.180. The van der Waals surface area contributed by atoms with Crippen molar-refractivity contribution in [2.45, 2.75) is 53.0 Å². The first kappa shape index (κ1) is 15.9. The summed E-state index contributed by atoms with van der Waals surface area (Å²) in [5, 5.41) is 3.53. The Hall–Kier alpha value is -0.120. The van der Waals surface area contributed by atoms with Gasteiger partial charge >= 0.3 is 0 Å². The maximum Gasteiger partial charge on any atom is 0.0645 e. The second-order valence-corrected chi connectivity index (χ2v) is 6.63. The Kier molecular flexibility index (Phi) is 6.09.